The van der Waals surface area contributed by atoms with Crippen molar-refractivity contribution in [2.24, 2.45) is 0 Å². The van der Waals surface area contributed by atoms with Crippen LogP contribution in [0, 0.1) is 0 Å². The Bertz CT molecular complexity index is 210. The Hall–Kier alpha value is -1.00. The second-order valence-electron chi connectivity index (χ2n) is 2.46. The van der Waals surface area contributed by atoms with Gasteiger partial charge in [-0.25, -0.2) is 0 Å². The zero-order chi connectivity index (χ0) is 7.23. The summed E-state index contributed by atoms with van der Waals surface area (Å²) < 4.78 is 0. The van der Waals surface area contributed by atoms with Crippen LogP contribution >= 0.6 is 0 Å². The highest BCUT2D eigenvalue weighted by Gasteiger charge is 1.82. The molecule has 52 valence electrons. The van der Waals surface area contributed by atoms with Gasteiger partial charge in [0.1, 0.15) is 0 Å². The number of rotatable bonds is 0. The summed E-state index contributed by atoms with van der Waals surface area (Å²) >= 11 is 0. The predicted molar refractivity (Wildman–Crippen MR) is 44.8 cm³/mol. The van der Waals surface area contributed by atoms with Gasteiger partial charge in [0.25, 0.3) is 0 Å². The summed E-state index contributed by atoms with van der Waals surface area (Å²) in [6.07, 6.45) is 12.5. The molecule has 0 bridgehead atoms. The van der Waals surface area contributed by atoms with E-state index in [0.29, 0.717) is 0 Å². The first-order valence-electron chi connectivity index (χ1n) is 3.61. The highest BCUT2D eigenvalue weighted by Crippen LogP contribution is 2.02. The molecule has 0 nitrogen and oxygen atoms in total. The number of hydrogen-bond acceptors (Lipinski definition) is 0. The first-order valence-corrected chi connectivity index (χ1v) is 3.61. The fraction of sp³-hybridized carbons (Fsp3) is 0.300. The minimum Gasteiger partial charge on any atom is -0.129 e. The fourth-order valence-corrected chi connectivity index (χ4v) is 0.818. The van der Waals surface area contributed by atoms with Gasteiger partial charge in [0.05, 0.1) is 0 Å². The highest BCUT2D eigenvalue weighted by atomic mass is 13.9. The molecule has 0 aromatic rings. The molecule has 1 aliphatic rings. The zero-order valence-electron chi connectivity index (χ0n) is 6.30. The first kappa shape index (κ1) is 7.11. The average Bonchev–Trinajstić information content (AvgIpc) is 2.02. The monoisotopic (exact) mass is 132 g/mol. The molecule has 0 heteroatoms. The minimum atomic E-state index is 1.00. The molecule has 0 unspecified atom stereocenters. The molecule has 0 N–H and O–H groups in total. The average molecular weight is 132 g/mol. The van der Waals surface area contributed by atoms with Crippen molar-refractivity contribution in [1.82, 2.24) is 0 Å². The van der Waals surface area contributed by atoms with Crippen LogP contribution in [0.2, 0.25) is 0 Å². The molecule has 0 heterocycles. The maximum atomic E-state index is 3.12. The molecule has 0 saturated heterocycles. The lowest BCUT2D eigenvalue weighted by molar-refractivity contribution is 1.22. The van der Waals surface area contributed by atoms with E-state index in [4.69, 9.17) is 0 Å². The Balaban J connectivity index is 2.72. The van der Waals surface area contributed by atoms with Gasteiger partial charge in [-0.1, -0.05) is 23.8 Å². The van der Waals surface area contributed by atoms with Crippen LogP contribution in [0.3, 0.4) is 0 Å². The molecule has 0 saturated carbocycles. The van der Waals surface area contributed by atoms with E-state index in [1.54, 1.807) is 0 Å². The molecule has 0 amide bonds. The molecule has 0 aliphatic heterocycles. The lowest BCUT2D eigenvalue weighted by Gasteiger charge is -1.88. The maximum absolute atomic E-state index is 3.12. The summed E-state index contributed by atoms with van der Waals surface area (Å²) in [5.74, 6) is 0. The Kier molecular flexibility index (Phi) is 2.79. The molecule has 1 aliphatic carbocycles. The molecule has 0 atom stereocenters. The van der Waals surface area contributed by atoms with Gasteiger partial charge in [0.15, 0.2) is 0 Å². The van der Waals surface area contributed by atoms with Crippen LogP contribution in [0.5, 0.6) is 0 Å². The van der Waals surface area contributed by atoms with Crippen molar-refractivity contribution in [3.05, 3.63) is 41.7 Å². The van der Waals surface area contributed by atoms with E-state index in [1.165, 1.54) is 5.57 Å². The second-order valence-corrected chi connectivity index (χ2v) is 2.46. The summed E-state index contributed by atoms with van der Waals surface area (Å²) in [6.45, 7) is 2.13. The Morgan fingerprint density at radius 1 is 1.40 bits per heavy atom. The van der Waals surface area contributed by atoms with Gasteiger partial charge < -0.3 is 0 Å². The van der Waals surface area contributed by atoms with Gasteiger partial charge in [-0.15, -0.1) is 5.73 Å². The fourth-order valence-electron chi connectivity index (χ4n) is 0.818. The predicted octanol–water partition coefficient (Wildman–Crippen LogP) is 2.99. The van der Waals surface area contributed by atoms with Gasteiger partial charge in [-0.2, -0.15) is 0 Å². The number of allylic oxidation sites excluding steroid dienone is 5. The standard InChI is InChI=1S/C10H12/c1-10-8-6-4-2-3-5-7-9-10/h2,5-7,9H,3,8H2,1H3. The van der Waals surface area contributed by atoms with Gasteiger partial charge in [0, 0.05) is 0 Å². The lowest BCUT2D eigenvalue weighted by atomic mass is 10.2. The van der Waals surface area contributed by atoms with Crippen molar-refractivity contribution < 1.29 is 0 Å². The summed E-state index contributed by atoms with van der Waals surface area (Å²) in [5, 5.41) is 0. The van der Waals surface area contributed by atoms with Crippen LogP contribution in [0.4, 0.5) is 0 Å². The largest absolute Gasteiger partial charge is 0.129 e. The molecule has 0 radical (unpaired) electrons. The van der Waals surface area contributed by atoms with Crippen molar-refractivity contribution in [1.29, 1.82) is 0 Å². The molecule has 10 heavy (non-hydrogen) atoms. The minimum absolute atomic E-state index is 1.00. The van der Waals surface area contributed by atoms with E-state index >= 15 is 0 Å². The third-order valence-corrected chi connectivity index (χ3v) is 1.43. The van der Waals surface area contributed by atoms with Gasteiger partial charge >= 0.3 is 0 Å². The normalized spacial score (nSPS) is 17.5. The highest BCUT2D eigenvalue weighted by molar-refractivity contribution is 5.15. The van der Waals surface area contributed by atoms with E-state index in [9.17, 15) is 0 Å². The third-order valence-electron chi connectivity index (χ3n) is 1.43. The Morgan fingerprint density at radius 2 is 2.30 bits per heavy atom. The summed E-state index contributed by atoms with van der Waals surface area (Å²) in [6, 6.07) is 0. The maximum Gasteiger partial charge on any atom is -0.00624 e. The zero-order valence-corrected chi connectivity index (χ0v) is 6.30. The van der Waals surface area contributed by atoms with Crippen LogP contribution in [0.15, 0.2) is 41.7 Å². The number of hydrogen-bond donors (Lipinski definition) is 0. The topological polar surface area (TPSA) is 0 Å². The van der Waals surface area contributed by atoms with E-state index in [2.05, 4.69) is 37.0 Å². The van der Waals surface area contributed by atoms with Crippen molar-refractivity contribution in [2.45, 2.75) is 19.8 Å². The van der Waals surface area contributed by atoms with Crippen molar-refractivity contribution in [3.63, 3.8) is 0 Å². The quantitative estimate of drug-likeness (QED) is 0.444. The van der Waals surface area contributed by atoms with Crippen LogP contribution in [-0.4, -0.2) is 0 Å². The molecular weight excluding hydrogens is 120 g/mol. The first-order chi connectivity index (χ1) is 4.89. The van der Waals surface area contributed by atoms with E-state index in [1.807, 2.05) is 6.08 Å². The summed E-state index contributed by atoms with van der Waals surface area (Å²) in [7, 11) is 0. The van der Waals surface area contributed by atoms with Crippen molar-refractivity contribution in [3.8, 4) is 0 Å². The molecule has 0 spiro atoms. The Morgan fingerprint density at radius 3 is 3.20 bits per heavy atom. The third kappa shape index (κ3) is 2.52. The smallest absolute Gasteiger partial charge is 0.00624 e. The van der Waals surface area contributed by atoms with E-state index < -0.39 is 0 Å². The molecule has 0 aromatic carbocycles. The van der Waals surface area contributed by atoms with Crippen molar-refractivity contribution in [2.75, 3.05) is 0 Å². The Labute approximate surface area is 62.3 Å². The van der Waals surface area contributed by atoms with Crippen LogP contribution in [0.1, 0.15) is 19.8 Å². The van der Waals surface area contributed by atoms with Gasteiger partial charge in [-0.05, 0) is 31.9 Å². The van der Waals surface area contributed by atoms with Crippen LogP contribution in [-0.2, 0) is 0 Å². The summed E-state index contributed by atoms with van der Waals surface area (Å²) in [5.41, 5.74) is 4.50. The van der Waals surface area contributed by atoms with Crippen LogP contribution in [0.25, 0.3) is 0 Å². The SMILES string of the molecule is CC1=CC=CCC=C=CC1. The molecule has 0 fully saturated rings. The van der Waals surface area contributed by atoms with Gasteiger partial charge in [0.2, 0.25) is 0 Å². The van der Waals surface area contributed by atoms with Crippen molar-refractivity contribution >= 4 is 0 Å². The lowest BCUT2D eigenvalue weighted by Crippen LogP contribution is -1.68. The van der Waals surface area contributed by atoms with Gasteiger partial charge in [-0.3, -0.25) is 0 Å². The van der Waals surface area contributed by atoms with E-state index in [-0.39, 0.29) is 0 Å². The molecule has 1 rings (SSSR count). The van der Waals surface area contributed by atoms with Crippen LogP contribution < -0.4 is 0 Å². The molecule has 0 aromatic heterocycles. The second kappa shape index (κ2) is 3.92. The summed E-state index contributed by atoms with van der Waals surface area (Å²) in [4.78, 5) is 0. The molecular formula is C10H12. The van der Waals surface area contributed by atoms with E-state index in [0.717, 1.165) is 12.8 Å².